The van der Waals surface area contributed by atoms with E-state index in [-0.39, 0.29) is 5.78 Å². The van der Waals surface area contributed by atoms with E-state index in [0.717, 1.165) is 37.5 Å². The zero-order valence-corrected chi connectivity index (χ0v) is 15.5. The minimum absolute atomic E-state index is 0.124. The van der Waals surface area contributed by atoms with Gasteiger partial charge in [0.05, 0.1) is 7.11 Å². The summed E-state index contributed by atoms with van der Waals surface area (Å²) >= 11 is 0. The highest BCUT2D eigenvalue weighted by molar-refractivity contribution is 5.94. The van der Waals surface area contributed by atoms with Crippen LogP contribution in [-0.2, 0) is 13.6 Å². The molecule has 1 saturated heterocycles. The van der Waals surface area contributed by atoms with Gasteiger partial charge in [-0.05, 0) is 44.2 Å². The summed E-state index contributed by atoms with van der Waals surface area (Å²) in [4.78, 5) is 16.5. The molecule has 5 heteroatoms. The number of nitrogens with zero attached hydrogens (tertiary/aromatic N) is 3. The Bertz CT molecular complexity index is 736. The number of rotatable bonds is 5. The molecule has 0 saturated carbocycles. The number of hydrogen-bond acceptors (Lipinski definition) is 4. The van der Waals surface area contributed by atoms with E-state index in [4.69, 9.17) is 4.74 Å². The number of piperazine rings is 1. The number of hydrogen-bond donors (Lipinski definition) is 0. The average molecular weight is 341 g/mol. The molecule has 1 aromatic heterocycles. The number of ether oxygens (including phenoxy) is 1. The number of anilines is 1. The fourth-order valence-corrected chi connectivity index (χ4v) is 3.43. The first-order chi connectivity index (χ1) is 12.0. The summed E-state index contributed by atoms with van der Waals surface area (Å²) in [6.07, 6.45) is 1.93. The quantitative estimate of drug-likeness (QED) is 0.784. The van der Waals surface area contributed by atoms with Crippen molar-refractivity contribution in [3.63, 3.8) is 0 Å². The van der Waals surface area contributed by atoms with E-state index in [1.165, 1.54) is 11.4 Å². The number of carbonyl (C=O) groups excluding carboxylic acids is 1. The van der Waals surface area contributed by atoms with Crippen molar-refractivity contribution in [2.45, 2.75) is 26.4 Å². The van der Waals surface area contributed by atoms with E-state index in [2.05, 4.69) is 33.4 Å². The van der Waals surface area contributed by atoms with Crippen LogP contribution in [0, 0.1) is 0 Å². The van der Waals surface area contributed by atoms with Gasteiger partial charge in [-0.25, -0.2) is 0 Å². The van der Waals surface area contributed by atoms with Crippen LogP contribution in [0.1, 0.15) is 29.9 Å². The van der Waals surface area contributed by atoms with Gasteiger partial charge < -0.3 is 14.2 Å². The SMILES string of the molecule is COc1ccc(N2CCN(Cc3cc(C(C)=O)cn3C)C(C)C2)cc1. The Hall–Kier alpha value is -2.27. The summed E-state index contributed by atoms with van der Waals surface area (Å²) in [6, 6.07) is 10.7. The van der Waals surface area contributed by atoms with Gasteiger partial charge in [-0.2, -0.15) is 0 Å². The van der Waals surface area contributed by atoms with Crippen molar-refractivity contribution in [1.82, 2.24) is 9.47 Å². The molecule has 0 radical (unpaired) electrons. The third-order valence-electron chi connectivity index (χ3n) is 5.08. The van der Waals surface area contributed by atoms with Crippen LogP contribution in [0.25, 0.3) is 0 Å². The maximum atomic E-state index is 11.6. The van der Waals surface area contributed by atoms with Crippen molar-refractivity contribution in [2.75, 3.05) is 31.6 Å². The number of methoxy groups -OCH3 is 1. The summed E-state index contributed by atoms with van der Waals surface area (Å²) in [5, 5.41) is 0. The molecule has 0 amide bonds. The van der Waals surface area contributed by atoms with Crippen LogP contribution in [0.2, 0.25) is 0 Å². The topological polar surface area (TPSA) is 37.7 Å². The van der Waals surface area contributed by atoms with Crippen LogP contribution >= 0.6 is 0 Å². The van der Waals surface area contributed by atoms with Crippen LogP contribution in [-0.4, -0.2) is 48.0 Å². The molecular formula is C20H27N3O2. The standard InChI is InChI=1S/C20H27N3O2/c1-15-12-23(18-5-7-20(25-4)8-6-18)10-9-22(15)14-19-11-17(16(2)24)13-21(19)3/h5-8,11,13,15H,9-10,12,14H2,1-4H3. The lowest BCUT2D eigenvalue weighted by molar-refractivity contribution is 0.101. The largest absolute Gasteiger partial charge is 0.497 e. The molecule has 3 rings (SSSR count). The number of aromatic nitrogens is 1. The molecule has 0 aliphatic carbocycles. The highest BCUT2D eigenvalue weighted by Gasteiger charge is 2.24. The van der Waals surface area contributed by atoms with Crippen molar-refractivity contribution in [3.8, 4) is 5.75 Å². The molecular weight excluding hydrogens is 314 g/mol. The molecule has 1 aliphatic rings. The highest BCUT2D eigenvalue weighted by atomic mass is 16.5. The van der Waals surface area contributed by atoms with E-state index in [1.54, 1.807) is 14.0 Å². The number of carbonyl (C=O) groups is 1. The van der Waals surface area contributed by atoms with E-state index in [9.17, 15) is 4.79 Å². The van der Waals surface area contributed by atoms with E-state index >= 15 is 0 Å². The van der Waals surface area contributed by atoms with Crippen LogP contribution < -0.4 is 9.64 Å². The minimum atomic E-state index is 0.124. The number of ketones is 1. The number of Topliss-reactive ketones (excluding diaryl/α,β-unsaturated/α-hetero) is 1. The first-order valence-electron chi connectivity index (χ1n) is 8.77. The highest BCUT2D eigenvalue weighted by Crippen LogP contribution is 2.23. The maximum Gasteiger partial charge on any atom is 0.161 e. The van der Waals surface area contributed by atoms with Crippen LogP contribution in [0.3, 0.4) is 0 Å². The third kappa shape index (κ3) is 3.87. The fraction of sp³-hybridized carbons (Fsp3) is 0.450. The number of benzene rings is 1. The van der Waals surface area contributed by atoms with Gasteiger partial charge in [0.15, 0.2) is 5.78 Å². The zero-order chi connectivity index (χ0) is 18.0. The predicted octanol–water partition coefficient (Wildman–Crippen LogP) is 2.95. The van der Waals surface area contributed by atoms with E-state index in [0.29, 0.717) is 6.04 Å². The molecule has 25 heavy (non-hydrogen) atoms. The molecule has 2 heterocycles. The summed E-state index contributed by atoms with van der Waals surface area (Å²) in [5.41, 5.74) is 3.22. The molecule has 1 unspecified atom stereocenters. The van der Waals surface area contributed by atoms with Crippen LogP contribution in [0.4, 0.5) is 5.69 Å². The Morgan fingerprint density at radius 1 is 1.24 bits per heavy atom. The van der Waals surface area contributed by atoms with Crippen molar-refractivity contribution < 1.29 is 9.53 Å². The number of aryl methyl sites for hydroxylation is 1. The molecule has 2 aromatic rings. The van der Waals surface area contributed by atoms with Gasteiger partial charge in [0.2, 0.25) is 0 Å². The van der Waals surface area contributed by atoms with Gasteiger partial charge in [0.25, 0.3) is 0 Å². The summed E-state index contributed by atoms with van der Waals surface area (Å²) in [6.45, 7) is 7.77. The van der Waals surface area contributed by atoms with E-state index < -0.39 is 0 Å². The van der Waals surface area contributed by atoms with Gasteiger partial charge in [0.1, 0.15) is 5.75 Å². The molecule has 1 fully saturated rings. The second-order valence-corrected chi connectivity index (χ2v) is 6.85. The first kappa shape index (κ1) is 17.5. The molecule has 1 aliphatic heterocycles. The molecule has 134 valence electrons. The Labute approximate surface area is 149 Å². The Kier molecular flexibility index (Phi) is 5.13. The van der Waals surface area contributed by atoms with Gasteiger partial charge in [0, 0.05) is 62.4 Å². The molecule has 0 spiro atoms. The predicted molar refractivity (Wildman–Crippen MR) is 100 cm³/mol. The lowest BCUT2D eigenvalue weighted by Gasteiger charge is -2.41. The second-order valence-electron chi connectivity index (χ2n) is 6.85. The van der Waals surface area contributed by atoms with Crippen molar-refractivity contribution in [2.24, 2.45) is 7.05 Å². The Morgan fingerprint density at radius 2 is 1.96 bits per heavy atom. The second kappa shape index (κ2) is 7.31. The average Bonchev–Trinajstić information content (AvgIpc) is 2.98. The molecule has 0 bridgehead atoms. The monoisotopic (exact) mass is 341 g/mol. The first-order valence-corrected chi connectivity index (χ1v) is 8.77. The van der Waals surface area contributed by atoms with Gasteiger partial charge in [-0.3, -0.25) is 9.69 Å². The fourth-order valence-electron chi connectivity index (χ4n) is 3.43. The van der Waals surface area contributed by atoms with Crippen LogP contribution in [0.5, 0.6) is 5.75 Å². The van der Waals surface area contributed by atoms with Crippen molar-refractivity contribution in [1.29, 1.82) is 0 Å². The summed E-state index contributed by atoms with van der Waals surface area (Å²) in [5.74, 6) is 1.01. The molecule has 0 N–H and O–H groups in total. The minimum Gasteiger partial charge on any atom is -0.497 e. The zero-order valence-electron chi connectivity index (χ0n) is 15.5. The van der Waals surface area contributed by atoms with Crippen molar-refractivity contribution >= 4 is 11.5 Å². The molecule has 5 nitrogen and oxygen atoms in total. The third-order valence-corrected chi connectivity index (χ3v) is 5.08. The Balaban J connectivity index is 1.64. The van der Waals surface area contributed by atoms with Gasteiger partial charge in [-0.1, -0.05) is 0 Å². The maximum absolute atomic E-state index is 11.6. The molecule has 1 atom stereocenters. The molecule has 1 aromatic carbocycles. The smallest absolute Gasteiger partial charge is 0.161 e. The normalized spacial score (nSPS) is 18.4. The summed E-state index contributed by atoms with van der Waals surface area (Å²) < 4.78 is 7.31. The lowest BCUT2D eigenvalue weighted by atomic mass is 10.1. The van der Waals surface area contributed by atoms with Gasteiger partial charge >= 0.3 is 0 Å². The Morgan fingerprint density at radius 3 is 2.52 bits per heavy atom. The van der Waals surface area contributed by atoms with Crippen molar-refractivity contribution in [3.05, 3.63) is 47.8 Å². The van der Waals surface area contributed by atoms with Gasteiger partial charge in [-0.15, -0.1) is 0 Å². The lowest BCUT2D eigenvalue weighted by Crippen LogP contribution is -2.51. The van der Waals surface area contributed by atoms with Crippen LogP contribution in [0.15, 0.2) is 36.5 Å². The summed E-state index contributed by atoms with van der Waals surface area (Å²) in [7, 11) is 3.71. The van der Waals surface area contributed by atoms with E-state index in [1.807, 2.05) is 31.4 Å².